The summed E-state index contributed by atoms with van der Waals surface area (Å²) in [5.74, 6) is 3.89. The minimum absolute atomic E-state index is 0.0321. The van der Waals surface area contributed by atoms with Crippen molar-refractivity contribution >= 4 is 68.9 Å². The van der Waals surface area contributed by atoms with Crippen LogP contribution in [0.2, 0.25) is 0 Å². The first-order valence-corrected chi connectivity index (χ1v) is 25.7. The molecule has 14 heteroatoms. The first-order chi connectivity index (χ1) is 29.6. The van der Waals surface area contributed by atoms with Crippen molar-refractivity contribution in [3.63, 3.8) is 0 Å². The van der Waals surface area contributed by atoms with Crippen molar-refractivity contribution in [3.8, 4) is 40.4 Å². The van der Waals surface area contributed by atoms with Crippen LogP contribution < -0.4 is 0 Å². The van der Waals surface area contributed by atoms with E-state index in [1.807, 2.05) is 46.2 Å². The standard InChI is InChI=1S/C46H52O8S6/c47-9-11-49-13-15-51-17-19-53-27-39-1-3-43(57-39)45-7-5-41(59-45)37-23-33-21-34(24-37)30-56-32-36-22-35(31-55-29-33)25-38(26-36)42-6-8-46(60-42)44-4-2-40(58-44)28-54-20-18-52-16-14-50-12-10-48/h1-8,21-26,47-48H,9-20,27-32H2. The number of fused-ring (bicyclic) bond motifs is 4. The van der Waals surface area contributed by atoms with Gasteiger partial charge in [-0.1, -0.05) is 12.1 Å². The van der Waals surface area contributed by atoms with E-state index in [-0.39, 0.29) is 13.2 Å². The number of thioether (sulfide) groups is 2. The van der Waals surface area contributed by atoms with E-state index in [0.717, 1.165) is 23.0 Å². The van der Waals surface area contributed by atoms with Crippen LogP contribution in [0.5, 0.6) is 0 Å². The van der Waals surface area contributed by atoms with E-state index in [1.165, 1.54) is 72.4 Å². The molecule has 0 radical (unpaired) electrons. The molecule has 0 spiro atoms. The fraction of sp³-hybridized carbons (Fsp3) is 0.391. The lowest BCUT2D eigenvalue weighted by molar-refractivity contribution is 0.00489. The number of hydrogen-bond acceptors (Lipinski definition) is 14. The fourth-order valence-electron chi connectivity index (χ4n) is 6.50. The molecule has 320 valence electrons. The van der Waals surface area contributed by atoms with Crippen LogP contribution in [0, 0.1) is 0 Å². The van der Waals surface area contributed by atoms with Crippen molar-refractivity contribution in [3.05, 3.63) is 117 Å². The summed E-state index contributed by atoms with van der Waals surface area (Å²) >= 11 is 11.3. The summed E-state index contributed by atoms with van der Waals surface area (Å²) in [5.41, 5.74) is 8.15. The van der Waals surface area contributed by atoms with Crippen molar-refractivity contribution in [1.29, 1.82) is 0 Å². The van der Waals surface area contributed by atoms with E-state index in [1.54, 1.807) is 22.7 Å². The van der Waals surface area contributed by atoms with Crippen LogP contribution in [0.25, 0.3) is 40.4 Å². The number of benzene rings is 2. The second-order valence-corrected chi connectivity index (χ2v) is 20.4. The molecule has 5 heterocycles. The molecule has 7 rings (SSSR count). The summed E-state index contributed by atoms with van der Waals surface area (Å²) in [5, 5.41) is 17.5. The Bertz CT molecular complexity index is 1980. The molecule has 0 aliphatic carbocycles. The van der Waals surface area contributed by atoms with Crippen molar-refractivity contribution in [1.82, 2.24) is 0 Å². The molecule has 0 fully saturated rings. The van der Waals surface area contributed by atoms with Gasteiger partial charge in [0, 0.05) is 62.0 Å². The lowest BCUT2D eigenvalue weighted by atomic mass is 10.1. The Kier molecular flexibility index (Phi) is 19.1. The van der Waals surface area contributed by atoms with Crippen molar-refractivity contribution in [2.75, 3.05) is 79.3 Å². The monoisotopic (exact) mass is 924 g/mol. The summed E-state index contributed by atoms with van der Waals surface area (Å²) in [7, 11) is 0. The molecule has 2 aromatic carbocycles. The topological polar surface area (TPSA) is 95.8 Å². The Labute approximate surface area is 377 Å². The summed E-state index contributed by atoms with van der Waals surface area (Å²) in [4.78, 5) is 10.1. The van der Waals surface area contributed by atoms with Crippen LogP contribution in [0.15, 0.2) is 84.9 Å². The molecule has 0 amide bonds. The zero-order chi connectivity index (χ0) is 41.2. The minimum atomic E-state index is 0.0321. The van der Waals surface area contributed by atoms with Gasteiger partial charge in [0.1, 0.15) is 0 Å². The maximum absolute atomic E-state index is 8.76. The zero-order valence-electron chi connectivity index (χ0n) is 33.6. The number of aliphatic hydroxyl groups is 2. The summed E-state index contributed by atoms with van der Waals surface area (Å²) in [6.45, 7) is 6.00. The SMILES string of the molecule is OCCOCCOCCOCc1ccc(-c2ccc(-c3cc4cc(c3)CSCc3cc(cc(-c5ccc(-c6ccc(COCCOCCOCCO)s6)s5)c3)CSC4)s2)s1. The highest BCUT2D eigenvalue weighted by Gasteiger charge is 2.14. The summed E-state index contributed by atoms with van der Waals surface area (Å²) in [6.07, 6.45) is 0. The highest BCUT2D eigenvalue weighted by atomic mass is 32.2. The summed E-state index contributed by atoms with van der Waals surface area (Å²) < 4.78 is 33.2. The quantitative estimate of drug-likeness (QED) is 0.0572. The molecule has 4 aromatic heterocycles. The highest BCUT2D eigenvalue weighted by Crippen LogP contribution is 2.41. The predicted octanol–water partition coefficient (Wildman–Crippen LogP) is 10.9. The third-order valence-electron chi connectivity index (χ3n) is 9.22. The van der Waals surface area contributed by atoms with Crippen molar-refractivity contribution < 1.29 is 38.6 Å². The van der Waals surface area contributed by atoms with Gasteiger partial charge in [-0.05, 0) is 106 Å². The maximum atomic E-state index is 8.76. The molecule has 8 nitrogen and oxygen atoms in total. The van der Waals surface area contributed by atoms with Gasteiger partial charge in [-0.2, -0.15) is 23.5 Å². The molecule has 0 saturated heterocycles. The molecule has 1 aliphatic heterocycles. The number of rotatable bonds is 24. The molecule has 0 saturated carbocycles. The average molecular weight is 925 g/mol. The molecule has 0 unspecified atom stereocenters. The first-order valence-electron chi connectivity index (χ1n) is 20.1. The van der Waals surface area contributed by atoms with E-state index < -0.39 is 0 Å². The zero-order valence-corrected chi connectivity index (χ0v) is 38.5. The van der Waals surface area contributed by atoms with Gasteiger partial charge in [-0.3, -0.25) is 0 Å². The van der Waals surface area contributed by atoms with Gasteiger partial charge in [0.25, 0.3) is 0 Å². The van der Waals surface area contributed by atoms with E-state index in [2.05, 4.69) is 84.9 Å². The minimum Gasteiger partial charge on any atom is -0.394 e. The van der Waals surface area contributed by atoms with Crippen LogP contribution in [-0.4, -0.2) is 89.5 Å². The molecule has 2 N–H and O–H groups in total. The number of ether oxygens (including phenoxy) is 6. The van der Waals surface area contributed by atoms with Gasteiger partial charge >= 0.3 is 0 Å². The third-order valence-corrected chi connectivity index (χ3v) is 16.1. The van der Waals surface area contributed by atoms with Crippen LogP contribution >= 0.6 is 68.9 Å². The molecule has 4 bridgehead atoms. The van der Waals surface area contributed by atoms with E-state index in [4.69, 9.17) is 38.6 Å². The Morgan fingerprint density at radius 3 is 1.05 bits per heavy atom. The lowest BCUT2D eigenvalue weighted by Gasteiger charge is -2.13. The molecule has 1 aliphatic rings. The van der Waals surface area contributed by atoms with E-state index in [9.17, 15) is 0 Å². The van der Waals surface area contributed by atoms with Crippen molar-refractivity contribution in [2.45, 2.75) is 36.2 Å². The average Bonchev–Trinajstić information content (AvgIpc) is 4.10. The Hall–Kier alpha value is -2.38. The number of thiophene rings is 4. The molecule has 6 aromatic rings. The normalized spacial score (nSPS) is 13.1. The van der Waals surface area contributed by atoms with E-state index in [0.29, 0.717) is 79.3 Å². The van der Waals surface area contributed by atoms with Crippen LogP contribution in [0.1, 0.15) is 32.0 Å². The third kappa shape index (κ3) is 14.3. The lowest BCUT2D eigenvalue weighted by Crippen LogP contribution is -2.10. The number of aliphatic hydroxyl groups excluding tert-OH is 2. The number of hydrogen-bond donors (Lipinski definition) is 2. The highest BCUT2D eigenvalue weighted by molar-refractivity contribution is 7.98. The summed E-state index contributed by atoms with van der Waals surface area (Å²) in [6, 6.07) is 32.2. The van der Waals surface area contributed by atoms with Gasteiger partial charge in [0.15, 0.2) is 0 Å². The predicted molar refractivity (Wildman–Crippen MR) is 253 cm³/mol. The van der Waals surface area contributed by atoms with Gasteiger partial charge in [0.05, 0.1) is 92.5 Å². The second kappa shape index (κ2) is 25.1. The fourth-order valence-corrected chi connectivity index (χ4v) is 12.4. The molecule has 60 heavy (non-hydrogen) atoms. The molecular formula is C46H52O8S6. The van der Waals surface area contributed by atoms with Gasteiger partial charge in [-0.25, -0.2) is 0 Å². The molecule has 0 atom stereocenters. The Balaban J connectivity index is 0.907. The smallest absolute Gasteiger partial charge is 0.0810 e. The van der Waals surface area contributed by atoms with E-state index >= 15 is 0 Å². The van der Waals surface area contributed by atoms with Crippen LogP contribution in [-0.2, 0) is 64.6 Å². The van der Waals surface area contributed by atoms with Crippen LogP contribution in [0.4, 0.5) is 0 Å². The van der Waals surface area contributed by atoms with Crippen LogP contribution in [0.3, 0.4) is 0 Å². The van der Waals surface area contributed by atoms with Gasteiger partial charge < -0.3 is 38.6 Å². The largest absolute Gasteiger partial charge is 0.394 e. The Morgan fingerprint density at radius 1 is 0.350 bits per heavy atom. The molecular weight excluding hydrogens is 873 g/mol. The maximum Gasteiger partial charge on any atom is 0.0810 e. The Morgan fingerprint density at radius 2 is 0.667 bits per heavy atom. The van der Waals surface area contributed by atoms with Crippen molar-refractivity contribution in [2.24, 2.45) is 0 Å². The second-order valence-electron chi connectivity index (χ2n) is 13.9. The first kappa shape index (κ1) is 45.6. The van der Waals surface area contributed by atoms with Gasteiger partial charge in [0.2, 0.25) is 0 Å². The van der Waals surface area contributed by atoms with Gasteiger partial charge in [-0.15, -0.1) is 45.3 Å².